The number of rotatable bonds is 5. The minimum atomic E-state index is -3.86. The average Bonchev–Trinajstić information content (AvgIpc) is 3.07. The second kappa shape index (κ2) is 6.93. The largest absolute Gasteiger partial charge is 0.467 e. The van der Waals surface area contributed by atoms with Crippen LogP contribution in [0.25, 0.3) is 11.0 Å². The summed E-state index contributed by atoms with van der Waals surface area (Å²) >= 11 is 0. The van der Waals surface area contributed by atoms with Gasteiger partial charge in [0.25, 0.3) is 0 Å². The number of pyridine rings is 1. The molecule has 9 heteroatoms. The molecule has 0 spiro atoms. The minimum Gasteiger partial charge on any atom is -0.467 e. The third-order valence-electron chi connectivity index (χ3n) is 4.25. The lowest BCUT2D eigenvalue weighted by atomic mass is 10.2. The Bertz CT molecular complexity index is 1220. The molecule has 3 aromatic heterocycles. The lowest BCUT2D eigenvalue weighted by molar-refractivity contribution is 0.215. The molecule has 0 aliphatic rings. The maximum absolute atomic E-state index is 13.1. The number of hydrogen-bond acceptors (Lipinski definition) is 7. The van der Waals surface area contributed by atoms with Crippen LogP contribution in [0, 0.1) is 0 Å². The highest BCUT2D eigenvalue weighted by Gasteiger charge is 2.28. The number of ether oxygens (including phenoxy) is 1. The van der Waals surface area contributed by atoms with Crippen molar-refractivity contribution < 1.29 is 13.2 Å². The number of hydrogen-bond donors (Lipinski definition) is 2. The SMILES string of the molecule is CC(Oc1ncnc2c(S(=O)(=O)c3ccccc3)c(N)[nH]c12)c1ccccn1. The van der Waals surface area contributed by atoms with Crippen molar-refractivity contribution in [2.75, 3.05) is 5.73 Å². The van der Waals surface area contributed by atoms with E-state index in [4.69, 9.17) is 10.5 Å². The number of benzene rings is 1. The Kier molecular flexibility index (Phi) is 4.44. The molecule has 0 aliphatic carbocycles. The van der Waals surface area contributed by atoms with E-state index in [1.807, 2.05) is 25.1 Å². The Balaban J connectivity index is 1.80. The molecular formula is C19H17N5O3S. The number of nitrogen functional groups attached to an aromatic ring is 1. The molecule has 1 atom stereocenters. The number of fused-ring (bicyclic) bond motifs is 1. The number of nitrogens with one attached hydrogen (secondary N) is 1. The molecule has 3 N–H and O–H groups in total. The third kappa shape index (κ3) is 3.05. The lowest BCUT2D eigenvalue weighted by Gasteiger charge is -2.13. The van der Waals surface area contributed by atoms with Crippen molar-refractivity contribution in [1.29, 1.82) is 0 Å². The highest BCUT2D eigenvalue weighted by Crippen LogP contribution is 2.35. The molecule has 3 heterocycles. The topological polar surface area (TPSA) is 124 Å². The van der Waals surface area contributed by atoms with E-state index in [9.17, 15) is 8.42 Å². The smallest absolute Gasteiger partial charge is 0.242 e. The molecular weight excluding hydrogens is 378 g/mol. The van der Waals surface area contributed by atoms with E-state index in [0.29, 0.717) is 11.2 Å². The fourth-order valence-corrected chi connectivity index (χ4v) is 4.40. The van der Waals surface area contributed by atoms with Gasteiger partial charge in [-0.25, -0.2) is 13.4 Å². The van der Waals surface area contributed by atoms with E-state index < -0.39 is 15.9 Å². The quantitative estimate of drug-likeness (QED) is 0.532. The van der Waals surface area contributed by atoms with Gasteiger partial charge in [-0.2, -0.15) is 4.98 Å². The molecule has 1 aromatic carbocycles. The average molecular weight is 395 g/mol. The molecule has 0 saturated carbocycles. The number of H-pyrrole nitrogens is 1. The van der Waals surface area contributed by atoms with Crippen LogP contribution in [0.2, 0.25) is 0 Å². The summed E-state index contributed by atoms with van der Waals surface area (Å²) in [5.74, 6) is 0.180. The number of nitrogens with zero attached hydrogens (tertiary/aromatic N) is 3. The van der Waals surface area contributed by atoms with E-state index in [-0.39, 0.29) is 27.0 Å². The molecule has 28 heavy (non-hydrogen) atoms. The normalized spacial score (nSPS) is 12.8. The fraction of sp³-hybridized carbons (Fsp3) is 0.105. The van der Waals surface area contributed by atoms with Crippen molar-refractivity contribution in [1.82, 2.24) is 19.9 Å². The van der Waals surface area contributed by atoms with Gasteiger partial charge in [0.1, 0.15) is 34.2 Å². The molecule has 4 aromatic rings. The summed E-state index contributed by atoms with van der Waals surface area (Å²) in [6.07, 6.45) is 2.51. The number of nitrogens with two attached hydrogens (primary N) is 1. The van der Waals surface area contributed by atoms with Gasteiger partial charge in [-0.05, 0) is 31.2 Å². The Morgan fingerprint density at radius 3 is 2.50 bits per heavy atom. The van der Waals surface area contributed by atoms with E-state index in [1.165, 1.54) is 18.5 Å². The highest BCUT2D eigenvalue weighted by atomic mass is 32.2. The van der Waals surface area contributed by atoms with Crippen molar-refractivity contribution in [3.8, 4) is 5.88 Å². The van der Waals surface area contributed by atoms with Crippen molar-refractivity contribution in [2.24, 2.45) is 0 Å². The zero-order valence-electron chi connectivity index (χ0n) is 14.9. The fourth-order valence-electron chi connectivity index (χ4n) is 2.90. The van der Waals surface area contributed by atoms with Gasteiger partial charge in [0.15, 0.2) is 0 Å². The van der Waals surface area contributed by atoms with Gasteiger partial charge in [0.05, 0.1) is 10.6 Å². The summed E-state index contributed by atoms with van der Waals surface area (Å²) in [5.41, 5.74) is 7.23. The molecule has 1 unspecified atom stereocenters. The van der Waals surface area contributed by atoms with Crippen LogP contribution in [0.5, 0.6) is 5.88 Å². The second-order valence-corrected chi connectivity index (χ2v) is 7.99. The predicted octanol–water partition coefficient (Wildman–Crippen LogP) is 2.91. The lowest BCUT2D eigenvalue weighted by Crippen LogP contribution is -2.07. The Morgan fingerprint density at radius 2 is 1.79 bits per heavy atom. The van der Waals surface area contributed by atoms with Gasteiger partial charge < -0.3 is 15.5 Å². The highest BCUT2D eigenvalue weighted by molar-refractivity contribution is 7.92. The van der Waals surface area contributed by atoms with E-state index >= 15 is 0 Å². The van der Waals surface area contributed by atoms with Gasteiger partial charge in [-0.1, -0.05) is 24.3 Å². The van der Waals surface area contributed by atoms with Crippen LogP contribution >= 0.6 is 0 Å². The van der Waals surface area contributed by atoms with Crippen molar-refractivity contribution >= 4 is 26.7 Å². The molecule has 0 saturated heterocycles. The first-order valence-corrected chi connectivity index (χ1v) is 9.96. The van der Waals surface area contributed by atoms with Gasteiger partial charge in [-0.3, -0.25) is 4.98 Å². The maximum atomic E-state index is 13.1. The molecule has 0 radical (unpaired) electrons. The molecule has 0 amide bonds. The molecule has 4 rings (SSSR count). The summed E-state index contributed by atoms with van der Waals surface area (Å²) in [6.45, 7) is 1.82. The summed E-state index contributed by atoms with van der Waals surface area (Å²) in [6, 6.07) is 13.6. The van der Waals surface area contributed by atoms with Crippen LogP contribution in [0.3, 0.4) is 0 Å². The first-order chi connectivity index (χ1) is 13.5. The Morgan fingerprint density at radius 1 is 1.04 bits per heavy atom. The van der Waals surface area contributed by atoms with Gasteiger partial charge in [-0.15, -0.1) is 0 Å². The number of aromatic nitrogens is 4. The molecule has 8 nitrogen and oxygen atoms in total. The van der Waals surface area contributed by atoms with Crippen molar-refractivity contribution in [2.45, 2.75) is 22.8 Å². The summed E-state index contributed by atoms with van der Waals surface area (Å²) < 4.78 is 32.1. The van der Waals surface area contributed by atoms with Crippen LogP contribution in [-0.2, 0) is 9.84 Å². The van der Waals surface area contributed by atoms with Crippen molar-refractivity contribution in [3.05, 3.63) is 66.7 Å². The maximum Gasteiger partial charge on any atom is 0.242 e. The molecule has 0 bridgehead atoms. The van der Waals surface area contributed by atoms with E-state index in [0.717, 1.165) is 0 Å². The molecule has 0 fully saturated rings. The summed E-state index contributed by atoms with van der Waals surface area (Å²) in [7, 11) is -3.86. The van der Waals surface area contributed by atoms with Gasteiger partial charge >= 0.3 is 0 Å². The zero-order chi connectivity index (χ0) is 19.7. The molecule has 0 aliphatic heterocycles. The van der Waals surface area contributed by atoms with Gasteiger partial charge in [0.2, 0.25) is 15.7 Å². The Hall–Kier alpha value is -3.46. The minimum absolute atomic E-state index is 0.0188. The third-order valence-corrected chi connectivity index (χ3v) is 6.09. The second-order valence-electron chi connectivity index (χ2n) is 6.10. The van der Waals surface area contributed by atoms with E-state index in [1.54, 1.807) is 24.4 Å². The van der Waals surface area contributed by atoms with Crippen LogP contribution in [0.15, 0.2) is 70.8 Å². The van der Waals surface area contributed by atoms with Crippen LogP contribution in [0.1, 0.15) is 18.7 Å². The van der Waals surface area contributed by atoms with Crippen LogP contribution in [0.4, 0.5) is 5.82 Å². The number of anilines is 1. The van der Waals surface area contributed by atoms with Crippen LogP contribution < -0.4 is 10.5 Å². The predicted molar refractivity (Wildman–Crippen MR) is 103 cm³/mol. The molecule has 142 valence electrons. The van der Waals surface area contributed by atoms with E-state index in [2.05, 4.69) is 19.9 Å². The first kappa shape index (κ1) is 17.9. The van der Waals surface area contributed by atoms with Crippen molar-refractivity contribution in [3.63, 3.8) is 0 Å². The summed E-state index contributed by atoms with van der Waals surface area (Å²) in [4.78, 5) is 15.4. The monoisotopic (exact) mass is 395 g/mol. The Labute approximate surface area is 161 Å². The van der Waals surface area contributed by atoms with Gasteiger partial charge in [0, 0.05) is 6.20 Å². The summed E-state index contributed by atoms with van der Waals surface area (Å²) in [5, 5.41) is 0. The first-order valence-electron chi connectivity index (χ1n) is 8.48. The zero-order valence-corrected chi connectivity index (χ0v) is 15.7. The standard InChI is InChI=1S/C19H17N5O3S/c1-12(14-9-5-6-10-21-14)27-19-16-15(22-11-23-19)17(18(20)24-16)28(25,26)13-7-3-2-4-8-13/h2-12,24H,20H2,1H3. The number of aromatic amines is 1. The van der Waals surface area contributed by atoms with Crippen LogP contribution in [-0.4, -0.2) is 28.4 Å². The number of sulfone groups is 1.